The van der Waals surface area contributed by atoms with Crippen molar-refractivity contribution in [3.63, 3.8) is 0 Å². The number of carbonyl (C=O) groups excluding carboxylic acids is 1. The van der Waals surface area contributed by atoms with Crippen molar-refractivity contribution in [3.05, 3.63) is 33.9 Å². The Bertz CT molecular complexity index is 560. The number of likely N-dealkylation sites (tertiary alicyclic amines) is 1. The lowest BCUT2D eigenvalue weighted by atomic mass is 10.0. The van der Waals surface area contributed by atoms with Crippen LogP contribution in [0.4, 0.5) is 5.69 Å². The third-order valence-corrected chi connectivity index (χ3v) is 3.89. The highest BCUT2D eigenvalue weighted by Gasteiger charge is 2.25. The number of benzene rings is 1. The molecular weight excluding hydrogens is 322 g/mol. The van der Waals surface area contributed by atoms with E-state index in [4.69, 9.17) is 4.74 Å². The SMILES string of the molecule is CCOc1ccc(C(=O)N2CCC(NC)CC2)cc1[N+](=O)[O-].Cl. The first-order valence-corrected chi connectivity index (χ1v) is 7.44. The Morgan fingerprint density at radius 2 is 2.09 bits per heavy atom. The Morgan fingerprint density at radius 1 is 1.43 bits per heavy atom. The Labute approximate surface area is 141 Å². The summed E-state index contributed by atoms with van der Waals surface area (Å²) in [5.74, 6) is 0.0265. The van der Waals surface area contributed by atoms with Gasteiger partial charge in [0.15, 0.2) is 5.75 Å². The molecule has 1 fully saturated rings. The van der Waals surface area contributed by atoms with Gasteiger partial charge in [-0.2, -0.15) is 0 Å². The van der Waals surface area contributed by atoms with Crippen LogP contribution in [0.5, 0.6) is 5.75 Å². The molecule has 1 aliphatic rings. The Balaban J connectivity index is 0.00000264. The van der Waals surface area contributed by atoms with Crippen molar-refractivity contribution in [1.82, 2.24) is 10.2 Å². The van der Waals surface area contributed by atoms with Crippen molar-refractivity contribution in [2.24, 2.45) is 0 Å². The number of hydrogen-bond acceptors (Lipinski definition) is 5. The number of carbonyl (C=O) groups is 1. The minimum absolute atomic E-state index is 0. The molecular formula is C15H22ClN3O4. The molecule has 0 aromatic heterocycles. The van der Waals surface area contributed by atoms with E-state index < -0.39 is 4.92 Å². The summed E-state index contributed by atoms with van der Waals surface area (Å²) in [4.78, 5) is 24.8. The molecule has 0 bridgehead atoms. The lowest BCUT2D eigenvalue weighted by molar-refractivity contribution is -0.385. The second-order valence-electron chi connectivity index (χ2n) is 5.23. The molecule has 1 N–H and O–H groups in total. The predicted octanol–water partition coefficient (Wildman–Crippen LogP) is 2.24. The van der Waals surface area contributed by atoms with E-state index in [0.29, 0.717) is 31.3 Å². The molecule has 1 saturated heterocycles. The van der Waals surface area contributed by atoms with E-state index in [2.05, 4.69) is 5.32 Å². The molecule has 1 aromatic rings. The topological polar surface area (TPSA) is 84.7 Å². The lowest BCUT2D eigenvalue weighted by Gasteiger charge is -2.31. The van der Waals surface area contributed by atoms with E-state index >= 15 is 0 Å². The summed E-state index contributed by atoms with van der Waals surface area (Å²) >= 11 is 0. The number of nitro benzene ring substituents is 1. The molecule has 8 heteroatoms. The van der Waals surface area contributed by atoms with Crippen molar-refractivity contribution in [3.8, 4) is 5.75 Å². The molecule has 0 unspecified atom stereocenters. The van der Waals surface area contributed by atoms with E-state index in [0.717, 1.165) is 12.8 Å². The zero-order valence-electron chi connectivity index (χ0n) is 13.3. The van der Waals surface area contributed by atoms with Crippen LogP contribution < -0.4 is 10.1 Å². The van der Waals surface area contributed by atoms with Crippen LogP contribution in [-0.2, 0) is 0 Å². The van der Waals surface area contributed by atoms with Gasteiger partial charge in [-0.05, 0) is 38.9 Å². The van der Waals surface area contributed by atoms with Crippen molar-refractivity contribution in [2.75, 3.05) is 26.7 Å². The molecule has 0 saturated carbocycles. The molecule has 23 heavy (non-hydrogen) atoms. The van der Waals surface area contributed by atoms with Gasteiger partial charge in [-0.1, -0.05) is 0 Å². The van der Waals surface area contributed by atoms with Crippen LogP contribution in [0.2, 0.25) is 0 Å². The average molecular weight is 344 g/mol. The summed E-state index contributed by atoms with van der Waals surface area (Å²) < 4.78 is 5.23. The number of hydrogen-bond donors (Lipinski definition) is 1. The number of piperidine rings is 1. The molecule has 7 nitrogen and oxygen atoms in total. The first kappa shape index (κ1) is 19.2. The third-order valence-electron chi connectivity index (χ3n) is 3.89. The molecule has 2 rings (SSSR count). The first-order valence-electron chi connectivity index (χ1n) is 7.44. The zero-order valence-corrected chi connectivity index (χ0v) is 14.1. The van der Waals surface area contributed by atoms with Crippen LogP contribution in [0.25, 0.3) is 0 Å². The van der Waals surface area contributed by atoms with E-state index in [9.17, 15) is 14.9 Å². The number of amides is 1. The molecule has 0 spiro atoms. The van der Waals surface area contributed by atoms with Gasteiger partial charge in [-0.15, -0.1) is 12.4 Å². The molecule has 0 radical (unpaired) electrons. The first-order chi connectivity index (χ1) is 10.6. The van der Waals surface area contributed by atoms with Crippen LogP contribution in [-0.4, -0.2) is 48.5 Å². The van der Waals surface area contributed by atoms with Gasteiger partial charge in [0.25, 0.3) is 5.91 Å². The molecule has 128 valence electrons. The number of ether oxygens (including phenoxy) is 1. The highest BCUT2D eigenvalue weighted by atomic mass is 35.5. The standard InChI is InChI=1S/C15H21N3O4.ClH/c1-3-22-14-5-4-11(10-13(14)18(20)21)15(19)17-8-6-12(16-2)7-9-17;/h4-5,10,12,16H,3,6-9H2,1-2H3;1H. The van der Waals surface area contributed by atoms with Crippen LogP contribution in [0.1, 0.15) is 30.1 Å². The van der Waals surface area contributed by atoms with Crippen LogP contribution >= 0.6 is 12.4 Å². The van der Waals surface area contributed by atoms with Gasteiger partial charge in [0.05, 0.1) is 11.5 Å². The maximum Gasteiger partial charge on any atom is 0.311 e. The molecule has 1 amide bonds. The Hall–Kier alpha value is -1.86. The fourth-order valence-electron chi connectivity index (χ4n) is 2.62. The van der Waals surface area contributed by atoms with Gasteiger partial charge in [-0.3, -0.25) is 14.9 Å². The monoisotopic (exact) mass is 343 g/mol. The molecule has 0 atom stereocenters. The number of rotatable bonds is 5. The Morgan fingerprint density at radius 3 is 2.61 bits per heavy atom. The van der Waals surface area contributed by atoms with E-state index in [-0.39, 0.29) is 29.8 Å². The fourth-order valence-corrected chi connectivity index (χ4v) is 2.62. The largest absolute Gasteiger partial charge is 0.487 e. The van der Waals surface area contributed by atoms with Crippen molar-refractivity contribution < 1.29 is 14.5 Å². The molecule has 0 aliphatic carbocycles. The van der Waals surface area contributed by atoms with Crippen LogP contribution in [0.3, 0.4) is 0 Å². The second-order valence-corrected chi connectivity index (χ2v) is 5.23. The summed E-state index contributed by atoms with van der Waals surface area (Å²) in [6, 6.07) is 4.82. The van der Waals surface area contributed by atoms with Crippen LogP contribution in [0, 0.1) is 10.1 Å². The minimum Gasteiger partial charge on any atom is -0.487 e. The molecule has 1 aliphatic heterocycles. The van der Waals surface area contributed by atoms with E-state index in [1.807, 2.05) is 7.05 Å². The van der Waals surface area contributed by atoms with Crippen molar-refractivity contribution in [2.45, 2.75) is 25.8 Å². The number of nitrogens with zero attached hydrogens (tertiary/aromatic N) is 2. The summed E-state index contributed by atoms with van der Waals surface area (Å²) in [7, 11) is 1.91. The predicted molar refractivity (Wildman–Crippen MR) is 89.5 cm³/mol. The van der Waals surface area contributed by atoms with Crippen molar-refractivity contribution >= 4 is 24.0 Å². The maximum absolute atomic E-state index is 12.5. The molecule has 1 aromatic carbocycles. The van der Waals surface area contributed by atoms with Gasteiger partial charge in [0, 0.05) is 30.8 Å². The maximum atomic E-state index is 12.5. The summed E-state index contributed by atoms with van der Waals surface area (Å²) in [6.07, 6.45) is 1.78. The quantitative estimate of drug-likeness (QED) is 0.654. The number of nitrogens with one attached hydrogen (secondary N) is 1. The van der Waals surface area contributed by atoms with E-state index in [1.165, 1.54) is 12.1 Å². The highest BCUT2D eigenvalue weighted by Crippen LogP contribution is 2.28. The smallest absolute Gasteiger partial charge is 0.311 e. The lowest BCUT2D eigenvalue weighted by Crippen LogP contribution is -2.43. The number of halogens is 1. The zero-order chi connectivity index (χ0) is 16.1. The summed E-state index contributed by atoms with van der Waals surface area (Å²) in [6.45, 7) is 3.41. The minimum atomic E-state index is -0.519. The second kappa shape index (κ2) is 8.69. The van der Waals surface area contributed by atoms with E-state index in [1.54, 1.807) is 17.9 Å². The van der Waals surface area contributed by atoms with Crippen LogP contribution in [0.15, 0.2) is 18.2 Å². The van der Waals surface area contributed by atoms with Crippen molar-refractivity contribution in [1.29, 1.82) is 0 Å². The van der Waals surface area contributed by atoms with Gasteiger partial charge in [0.2, 0.25) is 0 Å². The third kappa shape index (κ3) is 4.56. The van der Waals surface area contributed by atoms with Gasteiger partial charge < -0.3 is 15.0 Å². The number of nitro groups is 1. The highest BCUT2D eigenvalue weighted by molar-refractivity contribution is 5.95. The Kier molecular flexibility index (Phi) is 7.25. The summed E-state index contributed by atoms with van der Waals surface area (Å²) in [5.41, 5.74) is 0.163. The van der Waals surface area contributed by atoms with Gasteiger partial charge in [0.1, 0.15) is 0 Å². The fraction of sp³-hybridized carbons (Fsp3) is 0.533. The summed E-state index contributed by atoms with van der Waals surface area (Å²) in [5, 5.41) is 14.3. The van der Waals surface area contributed by atoms with Gasteiger partial charge in [-0.25, -0.2) is 0 Å². The average Bonchev–Trinajstić information content (AvgIpc) is 2.54. The molecule has 1 heterocycles. The normalized spacial score (nSPS) is 15.0. The van der Waals surface area contributed by atoms with Gasteiger partial charge >= 0.3 is 5.69 Å².